The molecule has 0 saturated carbocycles. The molecule has 0 unspecified atom stereocenters. The molecule has 0 spiro atoms. The first-order chi connectivity index (χ1) is 15.5. The van der Waals surface area contributed by atoms with Gasteiger partial charge in [0.05, 0.1) is 17.1 Å². The smallest absolute Gasteiger partial charge is 0.154 e. The molecule has 32 heavy (non-hydrogen) atoms. The van der Waals surface area contributed by atoms with Crippen LogP contribution in [0.5, 0.6) is 0 Å². The predicted molar refractivity (Wildman–Crippen MR) is 126 cm³/mol. The molecule has 0 saturated heterocycles. The summed E-state index contributed by atoms with van der Waals surface area (Å²) in [7, 11) is 0. The molecule has 1 aromatic carbocycles. The molecule has 0 fully saturated rings. The van der Waals surface area contributed by atoms with Gasteiger partial charge in [0.25, 0.3) is 0 Å². The molecule has 0 atom stereocenters. The molecular weight excluding hydrogens is 398 g/mol. The third-order valence-electron chi connectivity index (χ3n) is 5.78. The Hall–Kier alpha value is -3.67. The zero-order valence-electron chi connectivity index (χ0n) is 18.9. The van der Waals surface area contributed by atoms with Crippen molar-refractivity contribution in [2.75, 3.05) is 0 Å². The fourth-order valence-electron chi connectivity index (χ4n) is 4.29. The monoisotopic (exact) mass is 423 g/mol. The summed E-state index contributed by atoms with van der Waals surface area (Å²) in [5.74, 6) is 0.489. The third-order valence-corrected chi connectivity index (χ3v) is 5.78. The highest BCUT2D eigenvalue weighted by molar-refractivity contribution is 6.03. The van der Waals surface area contributed by atoms with E-state index < -0.39 is 0 Å². The van der Waals surface area contributed by atoms with E-state index in [1.807, 2.05) is 49.4 Å². The minimum Gasteiger partial charge on any atom is -0.454 e. The maximum atomic E-state index is 6.02. The molecule has 160 valence electrons. The fourth-order valence-corrected chi connectivity index (χ4v) is 4.29. The molecule has 4 aromatic heterocycles. The van der Waals surface area contributed by atoms with Crippen LogP contribution < -0.4 is 0 Å². The Morgan fingerprint density at radius 2 is 1.62 bits per heavy atom. The van der Waals surface area contributed by atoms with Crippen molar-refractivity contribution in [3.63, 3.8) is 0 Å². The summed E-state index contributed by atoms with van der Waals surface area (Å²) >= 11 is 0. The van der Waals surface area contributed by atoms with Crippen LogP contribution in [0.15, 0.2) is 53.1 Å². The van der Waals surface area contributed by atoms with E-state index in [4.69, 9.17) is 14.4 Å². The number of pyridine rings is 2. The summed E-state index contributed by atoms with van der Waals surface area (Å²) in [6.45, 7) is 10.6. The van der Waals surface area contributed by atoms with Gasteiger partial charge in [-0.2, -0.15) is 0 Å². The average Bonchev–Trinajstić information content (AvgIpc) is 3.15. The van der Waals surface area contributed by atoms with E-state index in [9.17, 15) is 0 Å². The minimum atomic E-state index is 0.243. The number of fused-ring (bicyclic) bond motifs is 3. The quantitative estimate of drug-likeness (QED) is 0.330. The van der Waals surface area contributed by atoms with Crippen molar-refractivity contribution in [3.05, 3.63) is 65.5 Å². The van der Waals surface area contributed by atoms with Crippen molar-refractivity contribution < 1.29 is 4.42 Å². The predicted octanol–water partition coefficient (Wildman–Crippen LogP) is 6.45. The molecule has 0 bridgehead atoms. The number of nitrogens with zero attached hydrogens (tertiary/aromatic N) is 5. The average molecular weight is 424 g/mol. The molecule has 6 heteroatoms. The Morgan fingerprint density at radius 3 is 2.41 bits per heavy atom. The van der Waals surface area contributed by atoms with Crippen LogP contribution >= 0.6 is 0 Å². The highest BCUT2D eigenvalue weighted by Gasteiger charge is 2.23. The van der Waals surface area contributed by atoms with Gasteiger partial charge in [0.15, 0.2) is 5.58 Å². The second kappa shape index (κ2) is 7.79. The lowest BCUT2D eigenvalue weighted by Gasteiger charge is -2.18. The third kappa shape index (κ3) is 3.23. The van der Waals surface area contributed by atoms with Crippen LogP contribution in [-0.4, -0.2) is 25.4 Å². The molecule has 0 N–H and O–H groups in total. The van der Waals surface area contributed by atoms with Crippen molar-refractivity contribution in [2.24, 2.45) is 0 Å². The maximum absolute atomic E-state index is 6.02. The van der Waals surface area contributed by atoms with Crippen LogP contribution in [0.2, 0.25) is 0 Å². The number of para-hydroxylation sites is 1. The number of rotatable bonds is 4. The van der Waals surface area contributed by atoms with Gasteiger partial charge in [-0.15, -0.1) is 10.2 Å². The number of hydrogen-bond acceptors (Lipinski definition) is 6. The van der Waals surface area contributed by atoms with Crippen LogP contribution in [0.4, 0.5) is 0 Å². The normalized spacial score (nSPS) is 11.8. The number of benzene rings is 1. The first kappa shape index (κ1) is 20.2. The number of hydrogen-bond donors (Lipinski definition) is 0. The molecule has 0 aliphatic heterocycles. The van der Waals surface area contributed by atoms with Crippen molar-refractivity contribution in [2.45, 2.75) is 46.5 Å². The summed E-state index contributed by atoms with van der Waals surface area (Å²) in [5, 5.41) is 13.9. The Balaban J connectivity index is 1.79. The van der Waals surface area contributed by atoms with E-state index in [1.165, 1.54) is 0 Å². The van der Waals surface area contributed by atoms with Crippen LogP contribution in [0.1, 0.15) is 56.4 Å². The largest absolute Gasteiger partial charge is 0.454 e. The number of aromatic nitrogens is 5. The maximum Gasteiger partial charge on any atom is 0.154 e. The molecule has 5 aromatic rings. The van der Waals surface area contributed by atoms with E-state index in [-0.39, 0.29) is 11.8 Å². The summed E-state index contributed by atoms with van der Waals surface area (Å²) in [5.41, 5.74) is 8.86. The van der Waals surface area contributed by atoms with Crippen LogP contribution in [0.25, 0.3) is 44.7 Å². The summed E-state index contributed by atoms with van der Waals surface area (Å²) in [4.78, 5) is 9.78. The lowest BCUT2D eigenvalue weighted by molar-refractivity contribution is 0.668. The van der Waals surface area contributed by atoms with Crippen molar-refractivity contribution >= 4 is 22.1 Å². The molecule has 0 radical (unpaired) electrons. The first-order valence-corrected chi connectivity index (χ1v) is 10.9. The van der Waals surface area contributed by atoms with Gasteiger partial charge in [0.1, 0.15) is 16.8 Å². The lowest BCUT2D eigenvalue weighted by Crippen LogP contribution is -2.09. The van der Waals surface area contributed by atoms with E-state index in [2.05, 4.69) is 43.1 Å². The number of aryl methyl sites for hydroxylation is 1. The number of furan rings is 1. The highest BCUT2D eigenvalue weighted by Crippen LogP contribution is 2.38. The molecule has 0 amide bonds. The molecule has 0 aliphatic rings. The summed E-state index contributed by atoms with van der Waals surface area (Å²) < 4.78 is 6.02. The van der Waals surface area contributed by atoms with E-state index in [0.717, 1.165) is 61.5 Å². The van der Waals surface area contributed by atoms with Gasteiger partial charge < -0.3 is 4.42 Å². The Morgan fingerprint density at radius 1 is 0.812 bits per heavy atom. The van der Waals surface area contributed by atoms with Crippen LogP contribution in [0.3, 0.4) is 0 Å². The van der Waals surface area contributed by atoms with Gasteiger partial charge in [-0.25, -0.2) is 4.98 Å². The van der Waals surface area contributed by atoms with E-state index in [0.29, 0.717) is 0 Å². The van der Waals surface area contributed by atoms with Gasteiger partial charge in [-0.1, -0.05) is 39.8 Å². The molecule has 6 nitrogen and oxygen atoms in total. The first-order valence-electron chi connectivity index (χ1n) is 10.9. The zero-order valence-corrected chi connectivity index (χ0v) is 18.9. The van der Waals surface area contributed by atoms with Crippen LogP contribution in [-0.2, 0) is 0 Å². The topological polar surface area (TPSA) is 77.6 Å². The molecule has 0 aliphatic carbocycles. The molecule has 4 heterocycles. The van der Waals surface area contributed by atoms with E-state index in [1.54, 1.807) is 6.20 Å². The van der Waals surface area contributed by atoms with Crippen molar-refractivity contribution in [3.8, 4) is 22.6 Å². The molecule has 5 rings (SSSR count). The van der Waals surface area contributed by atoms with Gasteiger partial charge in [-0.3, -0.25) is 4.98 Å². The van der Waals surface area contributed by atoms with Gasteiger partial charge in [0, 0.05) is 22.7 Å². The SMILES string of the molecule is Cc1cc2oc3ccccc3c2nc1-c1ncccc1-c1nnnc(C(C)C)c1C(C)C. The zero-order chi connectivity index (χ0) is 22.4. The highest BCUT2D eigenvalue weighted by atomic mass is 16.3. The lowest BCUT2D eigenvalue weighted by atomic mass is 9.90. The summed E-state index contributed by atoms with van der Waals surface area (Å²) in [6, 6.07) is 14.0. The van der Waals surface area contributed by atoms with E-state index >= 15 is 0 Å². The Labute approximate surface area is 186 Å². The second-order valence-electron chi connectivity index (χ2n) is 8.74. The van der Waals surface area contributed by atoms with Gasteiger partial charge in [-0.05, 0) is 59.9 Å². The standard InChI is InChI=1S/C26H25N5O/c1-14(2)21-22(15(3)4)29-31-30-25(21)18-10-8-12-27-26(18)23-16(5)13-20-24(28-23)17-9-6-7-11-19(17)32-20/h6-15H,1-5H3. The minimum absolute atomic E-state index is 0.243. The fraction of sp³-hybridized carbons (Fsp3) is 0.269. The van der Waals surface area contributed by atoms with Crippen molar-refractivity contribution in [1.29, 1.82) is 0 Å². The van der Waals surface area contributed by atoms with Crippen LogP contribution in [0, 0.1) is 6.92 Å². The molecular formula is C26H25N5O. The van der Waals surface area contributed by atoms with Gasteiger partial charge in [0.2, 0.25) is 0 Å². The Bertz CT molecular complexity index is 1450. The second-order valence-corrected chi connectivity index (χ2v) is 8.74. The summed E-state index contributed by atoms with van der Waals surface area (Å²) in [6.07, 6.45) is 1.80. The van der Waals surface area contributed by atoms with Crippen molar-refractivity contribution in [1.82, 2.24) is 25.4 Å². The van der Waals surface area contributed by atoms with Gasteiger partial charge >= 0.3 is 0 Å². The Kier molecular flexibility index (Phi) is 4.93.